The number of likely N-dealkylation sites (tertiary alicyclic amines) is 2. The number of methoxy groups -OCH3 is 1. The Morgan fingerprint density at radius 3 is 2.25 bits per heavy atom. The summed E-state index contributed by atoms with van der Waals surface area (Å²) in [6.07, 6.45) is 5.73. The van der Waals surface area contributed by atoms with Crippen molar-refractivity contribution < 1.29 is 28.6 Å². The number of rotatable bonds is 13. The third-order valence-corrected chi connectivity index (χ3v) is 9.54. The lowest BCUT2D eigenvalue weighted by atomic mass is 9.89. The van der Waals surface area contributed by atoms with Gasteiger partial charge in [0.05, 0.1) is 18.7 Å². The van der Waals surface area contributed by atoms with Gasteiger partial charge in [-0.3, -0.25) is 19.5 Å². The number of hydrogen-bond donors (Lipinski definition) is 1. The van der Waals surface area contributed by atoms with Crippen LogP contribution in [0.25, 0.3) is 0 Å². The van der Waals surface area contributed by atoms with Crippen molar-refractivity contribution in [3.63, 3.8) is 0 Å². The van der Waals surface area contributed by atoms with Gasteiger partial charge >= 0.3 is 6.09 Å². The Morgan fingerprint density at radius 2 is 1.62 bits per heavy atom. The lowest BCUT2D eigenvalue weighted by Crippen LogP contribution is -2.42. The molecule has 0 unspecified atom stereocenters. The molecule has 0 spiro atoms. The molecule has 0 atom stereocenters. The minimum atomic E-state index is -0.600. The van der Waals surface area contributed by atoms with Crippen molar-refractivity contribution in [3.8, 4) is 17.6 Å². The minimum absolute atomic E-state index is 0.00775. The van der Waals surface area contributed by atoms with Crippen molar-refractivity contribution in [1.29, 1.82) is 5.26 Å². The van der Waals surface area contributed by atoms with Gasteiger partial charge in [-0.1, -0.05) is 12.1 Å². The van der Waals surface area contributed by atoms with Gasteiger partial charge in [0, 0.05) is 57.2 Å². The van der Waals surface area contributed by atoms with E-state index >= 15 is 0 Å². The first-order chi connectivity index (χ1) is 25.0. The number of alkyl carbamates (subject to hydrolysis) is 1. The number of carbonyl (C=O) groups excluding carboxylic acids is 3. The van der Waals surface area contributed by atoms with E-state index in [-0.39, 0.29) is 23.7 Å². The summed E-state index contributed by atoms with van der Waals surface area (Å²) in [6, 6.07) is 19.2. The highest BCUT2D eigenvalue weighted by Crippen LogP contribution is 2.26. The van der Waals surface area contributed by atoms with Crippen molar-refractivity contribution in [2.24, 2.45) is 5.92 Å². The second kappa shape index (κ2) is 18.0. The highest BCUT2D eigenvalue weighted by Gasteiger charge is 2.28. The molecule has 3 aromatic rings. The minimum Gasteiger partial charge on any atom is -0.497 e. The zero-order valence-electron chi connectivity index (χ0n) is 30.9. The van der Waals surface area contributed by atoms with E-state index in [1.807, 2.05) is 80.3 Å². The number of nitrogens with one attached hydrogen (secondary N) is 1. The maximum absolute atomic E-state index is 13.9. The fourth-order valence-corrected chi connectivity index (χ4v) is 6.67. The van der Waals surface area contributed by atoms with Crippen LogP contribution < -0.4 is 14.8 Å². The molecular formula is C41H51N5O6. The summed E-state index contributed by atoms with van der Waals surface area (Å²) in [7, 11) is 1.63. The quantitative estimate of drug-likeness (QED) is 0.154. The van der Waals surface area contributed by atoms with Crippen LogP contribution in [-0.2, 0) is 17.7 Å². The molecule has 52 heavy (non-hydrogen) atoms. The molecule has 2 aromatic carbocycles. The van der Waals surface area contributed by atoms with E-state index in [1.165, 1.54) is 5.56 Å². The Bertz CT molecular complexity index is 1700. The zero-order valence-corrected chi connectivity index (χ0v) is 30.9. The van der Waals surface area contributed by atoms with Crippen molar-refractivity contribution in [2.45, 2.75) is 84.0 Å². The molecule has 2 amide bonds. The zero-order chi connectivity index (χ0) is 37.1. The van der Waals surface area contributed by atoms with Crippen molar-refractivity contribution in [2.75, 3.05) is 39.8 Å². The molecular weight excluding hydrogens is 658 g/mol. The third-order valence-electron chi connectivity index (χ3n) is 9.54. The molecule has 11 heteroatoms. The summed E-state index contributed by atoms with van der Waals surface area (Å²) in [5.74, 6) is 1.67. The van der Waals surface area contributed by atoms with E-state index in [1.54, 1.807) is 13.3 Å². The molecule has 0 aliphatic carbocycles. The number of ether oxygens (including phenoxy) is 3. The molecule has 11 nitrogen and oxygen atoms in total. The maximum Gasteiger partial charge on any atom is 0.407 e. The maximum atomic E-state index is 13.9. The van der Waals surface area contributed by atoms with Crippen LogP contribution in [0.1, 0.15) is 96.8 Å². The van der Waals surface area contributed by atoms with Crippen LogP contribution in [0.4, 0.5) is 4.79 Å². The van der Waals surface area contributed by atoms with Crippen LogP contribution in [0.2, 0.25) is 0 Å². The third kappa shape index (κ3) is 11.3. The monoisotopic (exact) mass is 709 g/mol. The normalized spacial score (nSPS) is 15.8. The van der Waals surface area contributed by atoms with Crippen LogP contribution >= 0.6 is 0 Å². The predicted molar refractivity (Wildman–Crippen MR) is 197 cm³/mol. The molecule has 3 heterocycles. The first-order valence-electron chi connectivity index (χ1n) is 18.3. The summed E-state index contributed by atoms with van der Waals surface area (Å²) in [4.78, 5) is 48.5. The van der Waals surface area contributed by atoms with E-state index in [2.05, 4.69) is 21.3 Å². The molecule has 2 aliphatic heterocycles. The standard InChI is InChI=1S/C41H51N5O6/c1-41(2,3)52-40(49)43-19-5-6-32-25-33(37(47)24-29-15-20-45(21-16-29)28-31-9-7-30(26-42)8-10-31)27-44-38(32)39(48)46-22-17-36(18-23-46)51-35-13-11-34(50-4)12-14-35/h7-14,25,27,29,36H,5-6,15-24,28H2,1-4H3,(H,43,49). The number of pyridine rings is 1. The molecule has 1 aromatic heterocycles. The van der Waals surface area contributed by atoms with Crippen molar-refractivity contribution in [1.82, 2.24) is 20.1 Å². The van der Waals surface area contributed by atoms with E-state index in [4.69, 9.17) is 19.5 Å². The van der Waals surface area contributed by atoms with Crippen molar-refractivity contribution in [3.05, 3.63) is 88.7 Å². The van der Waals surface area contributed by atoms with Gasteiger partial charge in [-0.15, -0.1) is 0 Å². The van der Waals surface area contributed by atoms with E-state index in [0.29, 0.717) is 74.1 Å². The van der Waals surface area contributed by atoms with Crippen LogP contribution in [0.3, 0.4) is 0 Å². The summed E-state index contributed by atoms with van der Waals surface area (Å²) in [6.45, 7) is 9.50. The number of carbonyl (C=O) groups is 3. The van der Waals surface area contributed by atoms with Gasteiger partial charge in [-0.2, -0.15) is 5.26 Å². The molecule has 0 bridgehead atoms. The molecule has 0 radical (unpaired) electrons. The number of aryl methyl sites for hydroxylation is 1. The first kappa shape index (κ1) is 38.3. The number of Topliss-reactive ketones (excluding diaryl/α,β-unsaturated/α-hetero) is 1. The summed E-state index contributed by atoms with van der Waals surface area (Å²) in [5.41, 5.74) is 2.80. The van der Waals surface area contributed by atoms with Crippen LogP contribution in [-0.4, -0.2) is 84.1 Å². The van der Waals surface area contributed by atoms with E-state index < -0.39 is 11.7 Å². The fraction of sp³-hybridized carbons (Fsp3) is 0.488. The topological polar surface area (TPSA) is 134 Å². The lowest BCUT2D eigenvalue weighted by Gasteiger charge is -2.32. The molecule has 0 saturated carbocycles. The summed E-state index contributed by atoms with van der Waals surface area (Å²) < 4.78 is 16.8. The first-order valence-corrected chi connectivity index (χ1v) is 18.3. The summed E-state index contributed by atoms with van der Waals surface area (Å²) >= 11 is 0. The second-order valence-corrected chi connectivity index (χ2v) is 14.7. The average Bonchev–Trinajstić information content (AvgIpc) is 3.14. The Morgan fingerprint density at radius 1 is 0.942 bits per heavy atom. The van der Waals surface area contributed by atoms with Gasteiger partial charge in [0.25, 0.3) is 5.91 Å². The second-order valence-electron chi connectivity index (χ2n) is 14.7. The van der Waals surface area contributed by atoms with E-state index in [0.717, 1.165) is 44.0 Å². The Balaban J connectivity index is 1.19. The number of piperidine rings is 2. The number of benzene rings is 2. The Hall–Kier alpha value is -4.95. The SMILES string of the molecule is COc1ccc(OC2CCN(C(=O)c3ncc(C(=O)CC4CCN(Cc5ccc(C#N)cc5)CC4)cc3CCCNC(=O)OC(C)(C)C)CC2)cc1. The number of nitriles is 1. The van der Waals surface area contributed by atoms with Crippen molar-refractivity contribution >= 4 is 17.8 Å². The smallest absolute Gasteiger partial charge is 0.407 e. The Labute approximate surface area is 307 Å². The number of hydrogen-bond acceptors (Lipinski definition) is 9. The number of amides is 2. The highest BCUT2D eigenvalue weighted by molar-refractivity contribution is 5.98. The van der Waals surface area contributed by atoms with Crippen LogP contribution in [0.15, 0.2) is 60.8 Å². The lowest BCUT2D eigenvalue weighted by molar-refractivity contribution is 0.0525. The van der Waals surface area contributed by atoms with Gasteiger partial charge in [0.15, 0.2) is 5.78 Å². The molecule has 2 fully saturated rings. The molecule has 2 aliphatic rings. The number of ketones is 1. The van der Waals surface area contributed by atoms with Gasteiger partial charge in [-0.25, -0.2) is 4.79 Å². The number of nitrogens with zero attached hydrogens (tertiary/aromatic N) is 4. The largest absolute Gasteiger partial charge is 0.497 e. The number of aromatic nitrogens is 1. The molecule has 5 rings (SSSR count). The summed E-state index contributed by atoms with van der Waals surface area (Å²) in [5, 5.41) is 11.8. The van der Waals surface area contributed by atoms with E-state index in [9.17, 15) is 14.4 Å². The fourth-order valence-electron chi connectivity index (χ4n) is 6.67. The van der Waals surface area contributed by atoms with Gasteiger partial charge < -0.3 is 24.4 Å². The molecule has 1 N–H and O–H groups in total. The molecule has 2 saturated heterocycles. The Kier molecular flexibility index (Phi) is 13.3. The average molecular weight is 710 g/mol. The van der Waals surface area contributed by atoms with Gasteiger partial charge in [-0.05, 0) is 119 Å². The predicted octanol–water partition coefficient (Wildman–Crippen LogP) is 6.59. The molecule has 276 valence electrons. The van der Waals surface area contributed by atoms with Gasteiger partial charge in [0.1, 0.15) is 28.9 Å². The van der Waals surface area contributed by atoms with Gasteiger partial charge in [0.2, 0.25) is 0 Å². The van der Waals surface area contributed by atoms with Crippen LogP contribution in [0.5, 0.6) is 11.5 Å². The van der Waals surface area contributed by atoms with Crippen LogP contribution in [0, 0.1) is 17.2 Å². The highest BCUT2D eigenvalue weighted by atomic mass is 16.6.